The van der Waals surface area contributed by atoms with Gasteiger partial charge in [0.25, 0.3) is 5.91 Å². The molecule has 1 N–H and O–H groups in total. The zero-order valence-corrected chi connectivity index (χ0v) is 18.4. The van der Waals surface area contributed by atoms with Crippen LogP contribution in [0.2, 0.25) is 0 Å². The van der Waals surface area contributed by atoms with Crippen molar-refractivity contribution in [2.75, 3.05) is 19.8 Å². The standard InChI is InChI=1S/C23H25F3N4O3/c1-3-32-9-10-33-15-18-6-4-5-17(11-18)12-28-22(31)20-14-29-30(16(20)2)21-8-7-19(13-27-21)23(24,25)26/h4-8,11,13-14H,3,9-10,12,15H2,1-2H3,(H,28,31). The average molecular weight is 462 g/mol. The summed E-state index contributed by atoms with van der Waals surface area (Å²) in [6.07, 6.45) is -2.36. The summed E-state index contributed by atoms with van der Waals surface area (Å²) < 4.78 is 50.3. The zero-order chi connectivity index (χ0) is 23.8. The van der Waals surface area contributed by atoms with Crippen molar-refractivity contribution >= 4 is 5.91 Å². The monoisotopic (exact) mass is 462 g/mol. The predicted molar refractivity (Wildman–Crippen MR) is 115 cm³/mol. The van der Waals surface area contributed by atoms with Crippen molar-refractivity contribution in [1.82, 2.24) is 20.1 Å². The summed E-state index contributed by atoms with van der Waals surface area (Å²) in [6, 6.07) is 9.82. The van der Waals surface area contributed by atoms with Gasteiger partial charge in [0.2, 0.25) is 0 Å². The number of amides is 1. The Balaban J connectivity index is 1.59. The lowest BCUT2D eigenvalue weighted by Gasteiger charge is -2.09. The minimum Gasteiger partial charge on any atom is -0.379 e. The van der Waals surface area contributed by atoms with E-state index in [1.165, 1.54) is 16.9 Å². The first-order chi connectivity index (χ1) is 15.8. The van der Waals surface area contributed by atoms with E-state index in [1.54, 1.807) is 6.92 Å². The average Bonchev–Trinajstić information content (AvgIpc) is 3.18. The molecule has 0 aliphatic heterocycles. The van der Waals surface area contributed by atoms with E-state index < -0.39 is 11.7 Å². The van der Waals surface area contributed by atoms with Gasteiger partial charge in [-0.2, -0.15) is 18.3 Å². The van der Waals surface area contributed by atoms with Gasteiger partial charge in [0, 0.05) is 19.3 Å². The molecule has 3 rings (SSSR count). The van der Waals surface area contributed by atoms with Gasteiger partial charge < -0.3 is 14.8 Å². The largest absolute Gasteiger partial charge is 0.417 e. The predicted octanol–water partition coefficient (Wildman–Crippen LogP) is 4.08. The van der Waals surface area contributed by atoms with E-state index in [-0.39, 0.29) is 11.7 Å². The van der Waals surface area contributed by atoms with Gasteiger partial charge in [-0.15, -0.1) is 0 Å². The molecule has 0 atom stereocenters. The van der Waals surface area contributed by atoms with Crippen LogP contribution in [0.15, 0.2) is 48.8 Å². The first-order valence-corrected chi connectivity index (χ1v) is 10.4. The fraction of sp³-hybridized carbons (Fsp3) is 0.348. The maximum absolute atomic E-state index is 12.7. The van der Waals surface area contributed by atoms with Gasteiger partial charge in [-0.3, -0.25) is 4.79 Å². The molecule has 0 saturated carbocycles. The van der Waals surface area contributed by atoms with E-state index in [4.69, 9.17) is 9.47 Å². The number of ether oxygens (including phenoxy) is 2. The molecule has 0 unspecified atom stereocenters. The molecule has 3 aromatic rings. The van der Waals surface area contributed by atoms with Crippen molar-refractivity contribution in [3.8, 4) is 5.82 Å². The number of nitrogens with zero attached hydrogens (tertiary/aromatic N) is 3. The van der Waals surface area contributed by atoms with Crippen LogP contribution in [0.25, 0.3) is 5.82 Å². The highest BCUT2D eigenvalue weighted by Crippen LogP contribution is 2.28. The van der Waals surface area contributed by atoms with E-state index in [1.807, 2.05) is 31.2 Å². The molecule has 176 valence electrons. The fourth-order valence-electron chi connectivity index (χ4n) is 3.10. The molecule has 7 nitrogen and oxygen atoms in total. The van der Waals surface area contributed by atoms with E-state index in [0.717, 1.165) is 23.4 Å². The molecule has 0 aliphatic rings. The quantitative estimate of drug-likeness (QED) is 0.460. The fourth-order valence-corrected chi connectivity index (χ4v) is 3.10. The third-order valence-corrected chi connectivity index (χ3v) is 4.84. The molecular weight excluding hydrogens is 437 g/mol. The van der Waals surface area contributed by atoms with Gasteiger partial charge >= 0.3 is 6.18 Å². The normalized spacial score (nSPS) is 11.5. The number of hydrogen-bond donors (Lipinski definition) is 1. The topological polar surface area (TPSA) is 78.3 Å². The van der Waals surface area contributed by atoms with Crippen molar-refractivity contribution in [3.63, 3.8) is 0 Å². The molecule has 0 fully saturated rings. The van der Waals surface area contributed by atoms with Crippen LogP contribution in [0, 0.1) is 6.92 Å². The SMILES string of the molecule is CCOCCOCc1cccc(CNC(=O)c2cnn(-c3ccc(C(F)(F)F)cn3)c2C)c1. The summed E-state index contributed by atoms with van der Waals surface area (Å²) in [5.74, 6) is -0.152. The zero-order valence-electron chi connectivity index (χ0n) is 18.4. The second-order valence-electron chi connectivity index (χ2n) is 7.21. The number of carbonyl (C=O) groups excluding carboxylic acids is 1. The summed E-state index contributed by atoms with van der Waals surface area (Å²) in [4.78, 5) is 16.5. The molecule has 0 bridgehead atoms. The van der Waals surface area contributed by atoms with Crippen LogP contribution in [0.3, 0.4) is 0 Å². The Morgan fingerprint density at radius 2 is 1.85 bits per heavy atom. The molecule has 1 amide bonds. The highest BCUT2D eigenvalue weighted by molar-refractivity contribution is 5.95. The minimum absolute atomic E-state index is 0.191. The Bertz CT molecular complexity index is 1070. The minimum atomic E-state index is -4.47. The van der Waals surface area contributed by atoms with Crippen LogP contribution >= 0.6 is 0 Å². The lowest BCUT2D eigenvalue weighted by atomic mass is 10.1. The molecule has 0 saturated heterocycles. The number of alkyl halides is 3. The van der Waals surface area contributed by atoms with Gasteiger partial charge in [-0.1, -0.05) is 24.3 Å². The van der Waals surface area contributed by atoms with Crippen LogP contribution < -0.4 is 5.32 Å². The Morgan fingerprint density at radius 3 is 2.55 bits per heavy atom. The molecule has 0 spiro atoms. The first-order valence-electron chi connectivity index (χ1n) is 10.4. The molecule has 2 aromatic heterocycles. The number of halogens is 3. The summed E-state index contributed by atoms with van der Waals surface area (Å²) in [7, 11) is 0. The number of hydrogen-bond acceptors (Lipinski definition) is 5. The number of nitrogens with one attached hydrogen (secondary N) is 1. The Kier molecular flexibility index (Phi) is 8.18. The Morgan fingerprint density at radius 1 is 1.09 bits per heavy atom. The van der Waals surface area contributed by atoms with E-state index >= 15 is 0 Å². The highest BCUT2D eigenvalue weighted by atomic mass is 19.4. The van der Waals surface area contributed by atoms with E-state index in [0.29, 0.717) is 44.2 Å². The van der Waals surface area contributed by atoms with Gasteiger partial charge in [0.1, 0.15) is 0 Å². The summed E-state index contributed by atoms with van der Waals surface area (Å²) in [6.45, 7) is 6.03. The van der Waals surface area contributed by atoms with Crippen molar-refractivity contribution in [2.45, 2.75) is 33.2 Å². The number of rotatable bonds is 10. The van der Waals surface area contributed by atoms with Gasteiger partial charge in [-0.25, -0.2) is 9.67 Å². The summed E-state index contributed by atoms with van der Waals surface area (Å²) >= 11 is 0. The third kappa shape index (κ3) is 6.62. The van der Waals surface area contributed by atoms with Crippen LogP contribution in [-0.4, -0.2) is 40.5 Å². The third-order valence-electron chi connectivity index (χ3n) is 4.84. The molecule has 0 radical (unpaired) electrons. The second kappa shape index (κ2) is 11.1. The van der Waals surface area contributed by atoms with Crippen LogP contribution in [0.1, 0.15) is 39.7 Å². The Hall–Kier alpha value is -3.24. The van der Waals surface area contributed by atoms with Gasteiger partial charge in [0.05, 0.1) is 42.8 Å². The first kappa shape index (κ1) is 24.4. The maximum Gasteiger partial charge on any atom is 0.417 e. The number of aromatic nitrogens is 3. The molecule has 1 aromatic carbocycles. The van der Waals surface area contributed by atoms with E-state index in [2.05, 4.69) is 15.4 Å². The summed E-state index contributed by atoms with van der Waals surface area (Å²) in [5.41, 5.74) is 1.82. The lowest BCUT2D eigenvalue weighted by molar-refractivity contribution is -0.137. The van der Waals surface area contributed by atoms with Crippen LogP contribution in [0.5, 0.6) is 0 Å². The Labute approximate surface area is 189 Å². The number of carbonyl (C=O) groups is 1. The van der Waals surface area contributed by atoms with Crippen molar-refractivity contribution in [2.24, 2.45) is 0 Å². The van der Waals surface area contributed by atoms with Gasteiger partial charge in [0.15, 0.2) is 5.82 Å². The molecule has 10 heteroatoms. The summed E-state index contributed by atoms with van der Waals surface area (Å²) in [5, 5.41) is 6.95. The van der Waals surface area contributed by atoms with E-state index in [9.17, 15) is 18.0 Å². The lowest BCUT2D eigenvalue weighted by Crippen LogP contribution is -2.23. The molecule has 2 heterocycles. The van der Waals surface area contributed by atoms with Crippen molar-refractivity contribution in [1.29, 1.82) is 0 Å². The van der Waals surface area contributed by atoms with Crippen molar-refractivity contribution < 1.29 is 27.4 Å². The molecule has 33 heavy (non-hydrogen) atoms. The second-order valence-corrected chi connectivity index (χ2v) is 7.21. The van der Waals surface area contributed by atoms with Crippen LogP contribution in [-0.2, 0) is 28.8 Å². The maximum atomic E-state index is 12.7. The number of benzene rings is 1. The smallest absolute Gasteiger partial charge is 0.379 e. The van der Waals surface area contributed by atoms with Gasteiger partial charge in [-0.05, 0) is 37.1 Å². The molecular formula is C23H25F3N4O3. The number of pyridine rings is 1. The highest BCUT2D eigenvalue weighted by Gasteiger charge is 2.30. The van der Waals surface area contributed by atoms with Crippen LogP contribution in [0.4, 0.5) is 13.2 Å². The molecule has 0 aliphatic carbocycles. The van der Waals surface area contributed by atoms with Crippen molar-refractivity contribution in [3.05, 3.63) is 76.7 Å².